The second-order valence-electron chi connectivity index (χ2n) is 6.62. The predicted molar refractivity (Wildman–Crippen MR) is 121 cm³/mol. The van der Waals surface area contributed by atoms with Crippen molar-refractivity contribution in [3.05, 3.63) is 65.7 Å². The number of unbranched alkanes of at least 4 members (excludes halogenated alkanes) is 3. The van der Waals surface area contributed by atoms with Crippen molar-refractivity contribution >= 4 is 35.0 Å². The summed E-state index contributed by atoms with van der Waals surface area (Å²) in [6.07, 6.45) is 7.95. The van der Waals surface area contributed by atoms with Gasteiger partial charge >= 0.3 is 0 Å². The molecule has 0 saturated carbocycles. The van der Waals surface area contributed by atoms with E-state index in [1.165, 1.54) is 30.9 Å². The monoisotopic (exact) mass is 396 g/mol. The average molecular weight is 397 g/mol. The molecule has 2 rings (SSSR count). The lowest BCUT2D eigenvalue weighted by molar-refractivity contribution is -0.115. The summed E-state index contributed by atoms with van der Waals surface area (Å²) in [6.45, 7) is 4.95. The van der Waals surface area contributed by atoms with Crippen LogP contribution in [-0.4, -0.2) is 17.6 Å². The van der Waals surface area contributed by atoms with Gasteiger partial charge in [-0.05, 0) is 61.5 Å². The van der Waals surface area contributed by atoms with Crippen LogP contribution in [0.5, 0.6) is 5.75 Å². The molecular formula is C23H28N2O2S. The van der Waals surface area contributed by atoms with Crippen molar-refractivity contribution in [2.45, 2.75) is 39.5 Å². The summed E-state index contributed by atoms with van der Waals surface area (Å²) >= 11 is 5.20. The van der Waals surface area contributed by atoms with Crippen LogP contribution < -0.4 is 15.4 Å². The Bertz CT molecular complexity index is 783. The third kappa shape index (κ3) is 8.35. The molecule has 0 spiro atoms. The van der Waals surface area contributed by atoms with E-state index in [0.717, 1.165) is 30.0 Å². The second-order valence-corrected chi connectivity index (χ2v) is 7.03. The summed E-state index contributed by atoms with van der Waals surface area (Å²) in [7, 11) is 0. The topological polar surface area (TPSA) is 50.4 Å². The number of thiocarbonyl (C=S) groups is 1. The Kier molecular flexibility index (Phi) is 9.22. The fourth-order valence-corrected chi connectivity index (χ4v) is 2.74. The Morgan fingerprint density at radius 1 is 1.04 bits per heavy atom. The van der Waals surface area contributed by atoms with Crippen LogP contribution in [0.3, 0.4) is 0 Å². The van der Waals surface area contributed by atoms with E-state index in [4.69, 9.17) is 17.0 Å². The van der Waals surface area contributed by atoms with Crippen LogP contribution in [0, 0.1) is 6.92 Å². The Balaban J connectivity index is 1.74. The molecule has 1 amide bonds. The zero-order chi connectivity index (χ0) is 20.2. The zero-order valence-electron chi connectivity index (χ0n) is 16.5. The van der Waals surface area contributed by atoms with Crippen molar-refractivity contribution < 1.29 is 9.53 Å². The number of aryl methyl sites for hydroxylation is 1. The van der Waals surface area contributed by atoms with E-state index < -0.39 is 0 Å². The fourth-order valence-electron chi connectivity index (χ4n) is 2.52. The molecule has 28 heavy (non-hydrogen) atoms. The van der Waals surface area contributed by atoms with Gasteiger partial charge in [-0.15, -0.1) is 0 Å². The number of anilines is 1. The number of carbonyl (C=O) groups is 1. The second kappa shape index (κ2) is 11.9. The summed E-state index contributed by atoms with van der Waals surface area (Å²) in [5.41, 5.74) is 2.94. The Labute approximate surface area is 173 Å². The first-order chi connectivity index (χ1) is 13.6. The van der Waals surface area contributed by atoms with Crippen molar-refractivity contribution in [3.63, 3.8) is 0 Å². The third-order valence-electron chi connectivity index (χ3n) is 4.12. The number of ether oxygens (including phenoxy) is 1. The molecule has 0 bridgehead atoms. The van der Waals surface area contributed by atoms with Crippen LogP contribution in [0.4, 0.5) is 5.69 Å². The Hall–Kier alpha value is -2.66. The maximum Gasteiger partial charge on any atom is 0.250 e. The average Bonchev–Trinajstić information content (AvgIpc) is 2.68. The Morgan fingerprint density at radius 2 is 1.75 bits per heavy atom. The summed E-state index contributed by atoms with van der Waals surface area (Å²) in [5, 5.41) is 5.90. The van der Waals surface area contributed by atoms with E-state index in [-0.39, 0.29) is 11.0 Å². The molecule has 0 aliphatic rings. The lowest BCUT2D eigenvalue weighted by Gasteiger charge is -2.10. The molecular weight excluding hydrogens is 368 g/mol. The molecule has 4 nitrogen and oxygen atoms in total. The number of hydrogen-bond donors (Lipinski definition) is 2. The van der Waals surface area contributed by atoms with Crippen molar-refractivity contribution in [1.82, 2.24) is 5.32 Å². The highest BCUT2D eigenvalue weighted by atomic mass is 32.1. The van der Waals surface area contributed by atoms with Crippen molar-refractivity contribution in [1.29, 1.82) is 0 Å². The molecule has 0 aliphatic carbocycles. The number of hydrogen-bond acceptors (Lipinski definition) is 3. The highest BCUT2D eigenvalue weighted by Gasteiger charge is 2.02. The zero-order valence-corrected chi connectivity index (χ0v) is 17.4. The molecule has 2 aromatic carbocycles. The van der Waals surface area contributed by atoms with E-state index in [9.17, 15) is 4.79 Å². The summed E-state index contributed by atoms with van der Waals surface area (Å²) < 4.78 is 5.72. The summed E-state index contributed by atoms with van der Waals surface area (Å²) in [5.74, 6) is 0.558. The normalized spacial score (nSPS) is 10.6. The molecule has 2 N–H and O–H groups in total. The lowest BCUT2D eigenvalue weighted by atomic mass is 10.1. The van der Waals surface area contributed by atoms with E-state index >= 15 is 0 Å². The maximum atomic E-state index is 12.0. The summed E-state index contributed by atoms with van der Waals surface area (Å²) in [6, 6.07) is 15.5. The van der Waals surface area contributed by atoms with Crippen LogP contribution in [0.25, 0.3) is 6.08 Å². The largest absolute Gasteiger partial charge is 0.494 e. The quantitative estimate of drug-likeness (QED) is 0.335. The first-order valence-electron chi connectivity index (χ1n) is 9.66. The number of amides is 1. The van der Waals surface area contributed by atoms with Gasteiger partial charge in [-0.2, -0.15) is 0 Å². The molecule has 0 heterocycles. The van der Waals surface area contributed by atoms with Gasteiger partial charge in [0.1, 0.15) is 5.75 Å². The number of benzene rings is 2. The molecule has 0 fully saturated rings. The first-order valence-corrected chi connectivity index (χ1v) is 10.1. The predicted octanol–water partition coefficient (Wildman–Crippen LogP) is 5.48. The van der Waals surface area contributed by atoms with Crippen LogP contribution in [0.15, 0.2) is 54.6 Å². The van der Waals surface area contributed by atoms with Crippen molar-refractivity contribution in [3.8, 4) is 5.75 Å². The third-order valence-corrected chi connectivity index (χ3v) is 4.32. The number of rotatable bonds is 9. The van der Waals surface area contributed by atoms with Gasteiger partial charge in [0.2, 0.25) is 5.91 Å². The van der Waals surface area contributed by atoms with Gasteiger partial charge in [0.05, 0.1) is 6.61 Å². The van der Waals surface area contributed by atoms with Gasteiger partial charge in [0, 0.05) is 11.8 Å². The molecule has 0 radical (unpaired) electrons. The van der Waals surface area contributed by atoms with Gasteiger partial charge in [0.15, 0.2) is 5.11 Å². The van der Waals surface area contributed by atoms with Crippen LogP contribution in [0.1, 0.15) is 43.7 Å². The van der Waals surface area contributed by atoms with Gasteiger partial charge in [-0.3, -0.25) is 10.1 Å². The van der Waals surface area contributed by atoms with Crippen LogP contribution in [-0.2, 0) is 4.79 Å². The minimum atomic E-state index is -0.273. The van der Waals surface area contributed by atoms with E-state index in [1.54, 1.807) is 6.08 Å². The molecule has 0 atom stereocenters. The van der Waals surface area contributed by atoms with Crippen molar-refractivity contribution in [2.75, 3.05) is 11.9 Å². The lowest BCUT2D eigenvalue weighted by Crippen LogP contribution is -2.32. The van der Waals surface area contributed by atoms with Gasteiger partial charge in [0.25, 0.3) is 0 Å². The standard InChI is InChI=1S/C23H28N2O2S/c1-3-4-5-6-17-27-21-14-12-20(13-15-21)24-23(28)25-22(26)16-11-19-9-7-18(2)8-10-19/h7-16H,3-6,17H2,1-2H3,(H2,24,25,26,28)/b16-11+. The Morgan fingerprint density at radius 3 is 2.43 bits per heavy atom. The van der Waals surface area contributed by atoms with Crippen molar-refractivity contribution in [2.24, 2.45) is 0 Å². The van der Waals surface area contributed by atoms with Crippen LogP contribution in [0.2, 0.25) is 0 Å². The van der Waals surface area contributed by atoms with Gasteiger partial charge < -0.3 is 10.1 Å². The smallest absolute Gasteiger partial charge is 0.250 e. The van der Waals surface area contributed by atoms with Crippen LogP contribution >= 0.6 is 12.2 Å². The van der Waals surface area contributed by atoms with E-state index in [1.807, 2.05) is 55.5 Å². The fraction of sp³-hybridized carbons (Fsp3) is 0.304. The highest BCUT2D eigenvalue weighted by molar-refractivity contribution is 7.80. The molecule has 0 saturated heterocycles. The van der Waals surface area contributed by atoms with E-state index in [2.05, 4.69) is 17.6 Å². The highest BCUT2D eigenvalue weighted by Crippen LogP contribution is 2.16. The molecule has 2 aromatic rings. The minimum absolute atomic E-state index is 0.256. The number of nitrogens with one attached hydrogen (secondary N) is 2. The van der Waals surface area contributed by atoms with Gasteiger partial charge in [-0.1, -0.05) is 56.0 Å². The molecule has 0 aromatic heterocycles. The van der Waals surface area contributed by atoms with E-state index in [0.29, 0.717) is 0 Å². The number of carbonyl (C=O) groups excluding carboxylic acids is 1. The SMILES string of the molecule is CCCCCCOc1ccc(NC(=S)NC(=O)/C=C/c2ccc(C)cc2)cc1. The molecule has 148 valence electrons. The van der Waals surface area contributed by atoms with Gasteiger partial charge in [-0.25, -0.2) is 0 Å². The first kappa shape index (κ1) is 21.6. The molecule has 0 aliphatic heterocycles. The molecule has 5 heteroatoms. The maximum absolute atomic E-state index is 12.0. The molecule has 0 unspecified atom stereocenters. The summed E-state index contributed by atoms with van der Waals surface area (Å²) in [4.78, 5) is 12.0. The minimum Gasteiger partial charge on any atom is -0.494 e.